The highest BCUT2D eigenvalue weighted by Crippen LogP contribution is 2.33. The fourth-order valence-corrected chi connectivity index (χ4v) is 4.16. The molecule has 2 aromatic rings. The van der Waals surface area contributed by atoms with Crippen LogP contribution in [0.15, 0.2) is 48.5 Å². The Morgan fingerprint density at radius 3 is 2.76 bits per heavy atom. The van der Waals surface area contributed by atoms with E-state index >= 15 is 0 Å². The zero-order valence-corrected chi connectivity index (χ0v) is 16.8. The number of amides is 1. The number of anilines is 1. The lowest BCUT2D eigenvalue weighted by atomic mass is 9.93. The van der Waals surface area contributed by atoms with Crippen molar-refractivity contribution in [2.75, 3.05) is 38.1 Å². The first-order valence-electron chi connectivity index (χ1n) is 10.1. The van der Waals surface area contributed by atoms with Gasteiger partial charge in [0.1, 0.15) is 17.7 Å². The maximum absolute atomic E-state index is 13.3. The van der Waals surface area contributed by atoms with Gasteiger partial charge in [-0.1, -0.05) is 24.3 Å². The second-order valence-corrected chi connectivity index (χ2v) is 7.63. The second-order valence-electron chi connectivity index (χ2n) is 7.63. The highest BCUT2D eigenvalue weighted by Gasteiger charge is 2.37. The summed E-state index contributed by atoms with van der Waals surface area (Å²) in [5.41, 5.74) is 8.21. The summed E-state index contributed by atoms with van der Waals surface area (Å²) in [6, 6.07) is 14.1. The largest absolute Gasteiger partial charge is 0.485 e. The van der Waals surface area contributed by atoms with Crippen LogP contribution < -0.4 is 20.5 Å². The van der Waals surface area contributed by atoms with Crippen molar-refractivity contribution in [2.24, 2.45) is 5.92 Å². The average Bonchev–Trinajstić information content (AvgIpc) is 3.22. The third-order valence-corrected chi connectivity index (χ3v) is 5.69. The fourth-order valence-electron chi connectivity index (χ4n) is 4.16. The number of hydrogen-bond donors (Lipinski definition) is 2. The molecule has 3 atom stereocenters. The van der Waals surface area contributed by atoms with Crippen molar-refractivity contribution in [2.45, 2.75) is 19.1 Å². The molecule has 1 saturated heterocycles. The highest BCUT2D eigenvalue weighted by atomic mass is 19.1. The number of nitrogens with one attached hydrogen (secondary N) is 2. The molecule has 1 amide bonds. The number of fused-ring (bicyclic) bond motifs is 1. The topological polar surface area (TPSA) is 56.8 Å². The SMILES string of the molecule is CCN1CC(CN(C)C(=O)C2CNNC2c2ccc(F)cc2)Oc2ccccc21. The summed E-state index contributed by atoms with van der Waals surface area (Å²) >= 11 is 0. The van der Waals surface area contributed by atoms with Crippen molar-refractivity contribution in [1.82, 2.24) is 15.8 Å². The Labute approximate surface area is 170 Å². The lowest BCUT2D eigenvalue weighted by Gasteiger charge is -2.37. The van der Waals surface area contributed by atoms with Crippen molar-refractivity contribution in [3.8, 4) is 5.75 Å². The number of hydrogen-bond acceptors (Lipinski definition) is 5. The Bertz CT molecular complexity index is 860. The zero-order valence-electron chi connectivity index (χ0n) is 16.8. The maximum atomic E-state index is 13.3. The zero-order chi connectivity index (χ0) is 20.4. The molecule has 2 aliphatic rings. The normalized spacial score (nSPS) is 23.4. The van der Waals surface area contributed by atoms with E-state index in [0.717, 1.165) is 30.1 Å². The van der Waals surface area contributed by atoms with Crippen molar-refractivity contribution < 1.29 is 13.9 Å². The van der Waals surface area contributed by atoms with Gasteiger partial charge in [0.2, 0.25) is 5.91 Å². The number of likely N-dealkylation sites (N-methyl/N-ethyl adjacent to an activating group) is 2. The molecule has 2 N–H and O–H groups in total. The number of benzene rings is 2. The number of ether oxygens (including phenoxy) is 1. The van der Waals surface area contributed by atoms with E-state index in [9.17, 15) is 9.18 Å². The number of carbonyl (C=O) groups excluding carboxylic acids is 1. The van der Waals surface area contributed by atoms with Gasteiger partial charge in [0.05, 0.1) is 30.7 Å². The van der Waals surface area contributed by atoms with Crippen LogP contribution in [-0.4, -0.2) is 50.1 Å². The van der Waals surface area contributed by atoms with Crippen LogP contribution >= 0.6 is 0 Å². The van der Waals surface area contributed by atoms with Gasteiger partial charge in [0.15, 0.2) is 0 Å². The predicted octanol–water partition coefficient (Wildman–Crippen LogP) is 2.34. The Hall–Kier alpha value is -2.64. The molecule has 0 saturated carbocycles. The van der Waals surface area contributed by atoms with Gasteiger partial charge >= 0.3 is 0 Å². The van der Waals surface area contributed by atoms with Crippen LogP contribution in [-0.2, 0) is 4.79 Å². The molecular weight excluding hydrogens is 371 g/mol. The van der Waals surface area contributed by atoms with Gasteiger partial charge in [0, 0.05) is 20.1 Å². The van der Waals surface area contributed by atoms with Crippen LogP contribution in [0.25, 0.3) is 0 Å². The van der Waals surface area contributed by atoms with E-state index < -0.39 is 0 Å². The molecule has 0 spiro atoms. The van der Waals surface area contributed by atoms with Crippen LogP contribution in [0.1, 0.15) is 18.5 Å². The standard InChI is InChI=1S/C22H27FN4O2/c1-3-27-14-17(29-20-7-5-4-6-19(20)27)13-26(2)22(28)18-12-24-25-21(18)15-8-10-16(23)11-9-15/h4-11,17-18,21,24-25H,3,12-14H2,1-2H3. The van der Waals surface area contributed by atoms with E-state index in [-0.39, 0.29) is 29.8 Å². The predicted molar refractivity (Wildman–Crippen MR) is 110 cm³/mol. The van der Waals surface area contributed by atoms with Crippen molar-refractivity contribution >= 4 is 11.6 Å². The summed E-state index contributed by atoms with van der Waals surface area (Å²) < 4.78 is 19.4. The average molecular weight is 398 g/mol. The third kappa shape index (κ3) is 4.06. The molecule has 2 aliphatic heterocycles. The maximum Gasteiger partial charge on any atom is 0.228 e. The van der Waals surface area contributed by atoms with E-state index in [2.05, 4.69) is 28.7 Å². The van der Waals surface area contributed by atoms with Crippen LogP contribution in [0.4, 0.5) is 10.1 Å². The molecule has 6 nitrogen and oxygen atoms in total. The summed E-state index contributed by atoms with van der Waals surface area (Å²) in [5, 5.41) is 0. The Balaban J connectivity index is 1.43. The van der Waals surface area contributed by atoms with Crippen LogP contribution in [0.5, 0.6) is 5.75 Å². The van der Waals surface area contributed by atoms with E-state index in [1.165, 1.54) is 12.1 Å². The quantitative estimate of drug-likeness (QED) is 0.810. The number of para-hydroxylation sites is 2. The molecule has 2 heterocycles. The first-order valence-corrected chi connectivity index (χ1v) is 10.1. The first-order chi connectivity index (χ1) is 14.1. The molecule has 0 aliphatic carbocycles. The van der Waals surface area contributed by atoms with Gasteiger partial charge in [0.25, 0.3) is 0 Å². The van der Waals surface area contributed by atoms with Gasteiger partial charge in [-0.2, -0.15) is 0 Å². The first kappa shape index (κ1) is 19.7. The molecule has 1 fully saturated rings. The Morgan fingerprint density at radius 1 is 1.24 bits per heavy atom. The van der Waals surface area contributed by atoms with Crippen LogP contribution in [0.3, 0.4) is 0 Å². The van der Waals surface area contributed by atoms with Gasteiger partial charge in [-0.3, -0.25) is 10.2 Å². The fraction of sp³-hybridized carbons (Fsp3) is 0.409. The van der Waals surface area contributed by atoms with Crippen molar-refractivity contribution in [3.63, 3.8) is 0 Å². The summed E-state index contributed by atoms with van der Waals surface area (Å²) in [4.78, 5) is 17.2. The molecule has 29 heavy (non-hydrogen) atoms. The van der Waals surface area contributed by atoms with Crippen LogP contribution in [0, 0.1) is 11.7 Å². The molecule has 7 heteroatoms. The van der Waals surface area contributed by atoms with Gasteiger partial charge in [-0.15, -0.1) is 0 Å². The van der Waals surface area contributed by atoms with Crippen molar-refractivity contribution in [1.29, 1.82) is 0 Å². The number of nitrogens with zero attached hydrogens (tertiary/aromatic N) is 2. The van der Waals surface area contributed by atoms with Crippen LogP contribution in [0.2, 0.25) is 0 Å². The lowest BCUT2D eigenvalue weighted by molar-refractivity contribution is -0.135. The smallest absolute Gasteiger partial charge is 0.228 e. The molecule has 0 aromatic heterocycles. The number of rotatable bonds is 5. The van der Waals surface area contributed by atoms with Gasteiger partial charge in [-0.05, 0) is 36.8 Å². The number of halogens is 1. The summed E-state index contributed by atoms with van der Waals surface area (Å²) in [6.45, 7) is 4.79. The molecule has 3 unspecified atom stereocenters. The van der Waals surface area contributed by atoms with E-state index in [1.807, 2.05) is 25.2 Å². The van der Waals surface area contributed by atoms with E-state index in [4.69, 9.17) is 4.74 Å². The van der Waals surface area contributed by atoms with Gasteiger partial charge in [-0.25, -0.2) is 9.82 Å². The molecule has 2 aromatic carbocycles. The van der Waals surface area contributed by atoms with E-state index in [1.54, 1.807) is 17.0 Å². The minimum Gasteiger partial charge on any atom is -0.485 e. The van der Waals surface area contributed by atoms with Gasteiger partial charge < -0.3 is 14.5 Å². The second kappa shape index (κ2) is 8.39. The highest BCUT2D eigenvalue weighted by molar-refractivity contribution is 5.80. The summed E-state index contributed by atoms with van der Waals surface area (Å²) in [6.07, 6.45) is -0.0922. The summed E-state index contributed by atoms with van der Waals surface area (Å²) in [5.74, 6) is 0.362. The Kier molecular flexibility index (Phi) is 5.69. The molecule has 154 valence electrons. The lowest BCUT2D eigenvalue weighted by Crippen LogP contribution is -2.48. The summed E-state index contributed by atoms with van der Waals surface area (Å²) in [7, 11) is 1.82. The minimum atomic E-state index is -0.282. The molecule has 0 bridgehead atoms. The molecular formula is C22H27FN4O2. The molecule has 0 radical (unpaired) electrons. The van der Waals surface area contributed by atoms with Crippen molar-refractivity contribution in [3.05, 3.63) is 59.9 Å². The number of hydrazine groups is 1. The minimum absolute atomic E-state index is 0.0438. The third-order valence-electron chi connectivity index (χ3n) is 5.69. The monoisotopic (exact) mass is 398 g/mol. The number of carbonyl (C=O) groups is 1. The Morgan fingerprint density at radius 2 is 2.00 bits per heavy atom. The van der Waals surface area contributed by atoms with E-state index in [0.29, 0.717) is 13.1 Å². The molecule has 4 rings (SSSR count).